The maximum absolute atomic E-state index is 13.3. The number of aromatic hydroxyl groups is 1. The third kappa shape index (κ3) is 4.33. The highest BCUT2D eigenvalue weighted by Gasteiger charge is 2.24. The Morgan fingerprint density at radius 1 is 1.23 bits per heavy atom. The lowest BCUT2D eigenvalue weighted by Gasteiger charge is -2.35. The highest BCUT2D eigenvalue weighted by atomic mass is 35.5. The van der Waals surface area contributed by atoms with Gasteiger partial charge in [-0.2, -0.15) is 0 Å². The topological polar surface area (TPSA) is 61.8 Å². The van der Waals surface area contributed by atoms with Crippen molar-refractivity contribution in [2.45, 2.75) is 6.04 Å². The van der Waals surface area contributed by atoms with Crippen molar-refractivity contribution in [3.05, 3.63) is 64.4 Å². The zero-order valence-corrected chi connectivity index (χ0v) is 14.9. The first kappa shape index (κ1) is 18.6. The summed E-state index contributed by atoms with van der Waals surface area (Å²) in [6.45, 7) is 2.95. The molecule has 0 aromatic heterocycles. The third-order valence-corrected chi connectivity index (χ3v) is 4.73. The first-order valence-corrected chi connectivity index (χ1v) is 8.77. The summed E-state index contributed by atoms with van der Waals surface area (Å²) >= 11 is 6.03. The minimum Gasteiger partial charge on any atom is -0.507 e. The molecule has 5 nitrogen and oxygen atoms in total. The SMILES string of the molecule is O=C(NC[C@@H](c1ccc(F)cc1)N1CCOCC1)c1c(O)cccc1Cl. The second kappa shape index (κ2) is 8.49. The Hall–Kier alpha value is -2.15. The number of rotatable bonds is 5. The smallest absolute Gasteiger partial charge is 0.256 e. The monoisotopic (exact) mass is 378 g/mol. The Kier molecular flexibility index (Phi) is 6.08. The minimum absolute atomic E-state index is 0.0500. The molecule has 7 heteroatoms. The third-order valence-electron chi connectivity index (χ3n) is 4.42. The fraction of sp³-hybridized carbons (Fsp3) is 0.316. The molecular weight excluding hydrogens is 359 g/mol. The van der Waals surface area contributed by atoms with E-state index in [4.69, 9.17) is 16.3 Å². The lowest BCUT2D eigenvalue weighted by Crippen LogP contribution is -2.43. The van der Waals surface area contributed by atoms with Gasteiger partial charge in [0.05, 0.1) is 29.8 Å². The van der Waals surface area contributed by atoms with Crippen molar-refractivity contribution in [2.24, 2.45) is 0 Å². The van der Waals surface area contributed by atoms with Crippen LogP contribution in [0.25, 0.3) is 0 Å². The Balaban J connectivity index is 1.77. The van der Waals surface area contributed by atoms with Gasteiger partial charge in [0.1, 0.15) is 11.6 Å². The Labute approximate surface area is 156 Å². The van der Waals surface area contributed by atoms with Crippen molar-refractivity contribution in [3.8, 4) is 5.75 Å². The van der Waals surface area contributed by atoms with Crippen LogP contribution in [0.5, 0.6) is 5.75 Å². The van der Waals surface area contributed by atoms with E-state index in [-0.39, 0.29) is 28.2 Å². The maximum atomic E-state index is 13.3. The minimum atomic E-state index is -0.450. The summed E-state index contributed by atoms with van der Waals surface area (Å²) in [4.78, 5) is 14.7. The van der Waals surface area contributed by atoms with Gasteiger partial charge >= 0.3 is 0 Å². The fourth-order valence-electron chi connectivity index (χ4n) is 3.05. The van der Waals surface area contributed by atoms with Gasteiger partial charge in [0.25, 0.3) is 5.91 Å². The van der Waals surface area contributed by atoms with Gasteiger partial charge in [-0.3, -0.25) is 9.69 Å². The Morgan fingerprint density at radius 3 is 2.58 bits per heavy atom. The normalized spacial score (nSPS) is 16.2. The van der Waals surface area contributed by atoms with Gasteiger partial charge < -0.3 is 15.2 Å². The van der Waals surface area contributed by atoms with E-state index in [0.29, 0.717) is 19.8 Å². The number of nitrogens with one attached hydrogen (secondary N) is 1. The van der Waals surface area contributed by atoms with E-state index in [1.165, 1.54) is 18.2 Å². The molecule has 138 valence electrons. The molecule has 1 aliphatic heterocycles. The molecule has 0 bridgehead atoms. The van der Waals surface area contributed by atoms with Crippen LogP contribution < -0.4 is 5.32 Å². The molecule has 1 fully saturated rings. The molecule has 0 unspecified atom stereocenters. The first-order valence-electron chi connectivity index (χ1n) is 8.39. The van der Waals surface area contributed by atoms with Crippen LogP contribution in [0.3, 0.4) is 0 Å². The van der Waals surface area contributed by atoms with Crippen LogP contribution in [0, 0.1) is 5.82 Å². The number of phenols is 1. The lowest BCUT2D eigenvalue weighted by molar-refractivity contribution is 0.0162. The van der Waals surface area contributed by atoms with Gasteiger partial charge in [-0.25, -0.2) is 4.39 Å². The molecule has 3 rings (SSSR count). The van der Waals surface area contributed by atoms with Gasteiger partial charge in [-0.15, -0.1) is 0 Å². The Morgan fingerprint density at radius 2 is 1.92 bits per heavy atom. The van der Waals surface area contributed by atoms with E-state index in [2.05, 4.69) is 10.2 Å². The number of benzene rings is 2. The van der Waals surface area contributed by atoms with Crippen molar-refractivity contribution >= 4 is 17.5 Å². The summed E-state index contributed by atoms with van der Waals surface area (Å²) in [5.41, 5.74) is 0.950. The number of morpholine rings is 1. The van der Waals surface area contributed by atoms with E-state index in [1.807, 2.05) is 0 Å². The van der Waals surface area contributed by atoms with Crippen LogP contribution in [-0.2, 0) is 4.74 Å². The number of halogens is 2. The molecule has 26 heavy (non-hydrogen) atoms. The van der Waals surface area contributed by atoms with Crippen LogP contribution in [-0.4, -0.2) is 48.8 Å². The lowest BCUT2D eigenvalue weighted by atomic mass is 10.0. The predicted molar refractivity (Wildman–Crippen MR) is 97.0 cm³/mol. The zero-order chi connectivity index (χ0) is 18.5. The number of carbonyl (C=O) groups excluding carboxylic acids is 1. The molecule has 1 atom stereocenters. The second-order valence-electron chi connectivity index (χ2n) is 6.06. The van der Waals surface area contributed by atoms with Crippen LogP contribution in [0.15, 0.2) is 42.5 Å². The maximum Gasteiger partial charge on any atom is 0.256 e. The molecule has 0 spiro atoms. The summed E-state index contributed by atoms with van der Waals surface area (Å²) in [7, 11) is 0. The number of ether oxygens (including phenoxy) is 1. The van der Waals surface area contributed by atoms with E-state index in [1.54, 1.807) is 24.3 Å². The number of carbonyl (C=O) groups is 1. The molecule has 1 saturated heterocycles. The van der Waals surface area contributed by atoms with Crippen LogP contribution in [0.4, 0.5) is 4.39 Å². The van der Waals surface area contributed by atoms with Crippen molar-refractivity contribution in [1.82, 2.24) is 10.2 Å². The molecular formula is C19H20ClFN2O3. The van der Waals surface area contributed by atoms with Crippen molar-refractivity contribution in [2.75, 3.05) is 32.8 Å². The van der Waals surface area contributed by atoms with E-state index < -0.39 is 5.91 Å². The quantitative estimate of drug-likeness (QED) is 0.839. The average molecular weight is 379 g/mol. The van der Waals surface area contributed by atoms with E-state index in [0.717, 1.165) is 18.7 Å². The van der Waals surface area contributed by atoms with Crippen molar-refractivity contribution in [1.29, 1.82) is 0 Å². The molecule has 2 aromatic rings. The molecule has 2 aromatic carbocycles. The predicted octanol–water partition coefficient (Wildman–Crippen LogP) is 2.99. The number of hydrogen-bond acceptors (Lipinski definition) is 4. The van der Waals surface area contributed by atoms with Gasteiger partial charge in [-0.1, -0.05) is 29.8 Å². The van der Waals surface area contributed by atoms with E-state index >= 15 is 0 Å². The van der Waals surface area contributed by atoms with Gasteiger partial charge in [0.15, 0.2) is 0 Å². The standard InChI is InChI=1S/C19H20ClFN2O3/c20-15-2-1-3-17(24)18(15)19(25)22-12-16(23-8-10-26-11-9-23)13-4-6-14(21)7-5-13/h1-7,16,24H,8-12H2,(H,22,25)/t16-/m0/s1. The number of nitrogens with zero attached hydrogens (tertiary/aromatic N) is 1. The average Bonchev–Trinajstić information content (AvgIpc) is 2.64. The largest absolute Gasteiger partial charge is 0.507 e. The first-order chi connectivity index (χ1) is 12.6. The fourth-order valence-corrected chi connectivity index (χ4v) is 3.30. The summed E-state index contributed by atoms with van der Waals surface area (Å²) in [5, 5.41) is 12.9. The molecule has 1 aliphatic rings. The summed E-state index contributed by atoms with van der Waals surface area (Å²) in [5.74, 6) is -0.923. The zero-order valence-electron chi connectivity index (χ0n) is 14.1. The second-order valence-corrected chi connectivity index (χ2v) is 6.47. The molecule has 2 N–H and O–H groups in total. The van der Waals surface area contributed by atoms with Crippen molar-refractivity contribution in [3.63, 3.8) is 0 Å². The van der Waals surface area contributed by atoms with Gasteiger partial charge in [0, 0.05) is 19.6 Å². The van der Waals surface area contributed by atoms with Gasteiger partial charge in [-0.05, 0) is 29.8 Å². The molecule has 1 heterocycles. The van der Waals surface area contributed by atoms with Crippen LogP contribution in [0.2, 0.25) is 5.02 Å². The van der Waals surface area contributed by atoms with Crippen molar-refractivity contribution < 1.29 is 19.0 Å². The molecule has 0 saturated carbocycles. The van der Waals surface area contributed by atoms with E-state index in [9.17, 15) is 14.3 Å². The summed E-state index contributed by atoms with van der Waals surface area (Å²) in [6, 6.07) is 10.7. The number of phenolic OH excluding ortho intramolecular Hbond substituents is 1. The number of amides is 1. The Bertz CT molecular complexity index is 744. The summed E-state index contributed by atoms with van der Waals surface area (Å²) in [6.07, 6.45) is 0. The molecule has 1 amide bonds. The highest BCUT2D eigenvalue weighted by molar-refractivity contribution is 6.34. The summed E-state index contributed by atoms with van der Waals surface area (Å²) < 4.78 is 18.7. The number of hydrogen-bond donors (Lipinski definition) is 2. The van der Waals surface area contributed by atoms with Crippen LogP contribution in [0.1, 0.15) is 22.0 Å². The molecule has 0 radical (unpaired) electrons. The van der Waals surface area contributed by atoms with Gasteiger partial charge in [0.2, 0.25) is 0 Å². The molecule has 0 aliphatic carbocycles. The highest BCUT2D eigenvalue weighted by Crippen LogP contribution is 2.26. The van der Waals surface area contributed by atoms with Crippen LogP contribution >= 0.6 is 11.6 Å².